The molecule has 1 fully saturated rings. The van der Waals surface area contributed by atoms with Crippen molar-refractivity contribution >= 4 is 39.0 Å². The van der Waals surface area contributed by atoms with Crippen molar-refractivity contribution in [1.82, 2.24) is 0 Å². The molecule has 0 saturated carbocycles. The van der Waals surface area contributed by atoms with Crippen molar-refractivity contribution in [1.29, 1.82) is 0 Å². The van der Waals surface area contributed by atoms with E-state index in [4.69, 9.17) is 9.47 Å². The average molecular weight is 207 g/mol. The standard InChI is InChI=1S/C5H9BrO2.Mg.2H/c6-2-1-5-7-3-4-8-5;;;/h5H,1-4H2;;;/q;+2;2*-1. The van der Waals surface area contributed by atoms with Crippen molar-refractivity contribution in [2.24, 2.45) is 0 Å². The van der Waals surface area contributed by atoms with Crippen LogP contribution in [0.4, 0.5) is 0 Å². The van der Waals surface area contributed by atoms with Crippen LogP contribution >= 0.6 is 15.9 Å². The normalized spacial score (nSPS) is 19.7. The zero-order valence-corrected chi connectivity index (χ0v) is 8.31. The molecule has 0 atom stereocenters. The van der Waals surface area contributed by atoms with Gasteiger partial charge < -0.3 is 12.3 Å². The van der Waals surface area contributed by atoms with Gasteiger partial charge in [-0.05, 0) is 0 Å². The molecule has 0 bridgehead atoms. The van der Waals surface area contributed by atoms with Crippen molar-refractivity contribution in [3.05, 3.63) is 0 Å². The maximum atomic E-state index is 5.14. The summed E-state index contributed by atoms with van der Waals surface area (Å²) in [6.45, 7) is 1.52. The molecule has 52 valence electrons. The van der Waals surface area contributed by atoms with Crippen LogP contribution in [0.15, 0.2) is 0 Å². The number of rotatable bonds is 2. The third-order valence-electron chi connectivity index (χ3n) is 1.04. The third kappa shape index (κ3) is 3.78. The summed E-state index contributed by atoms with van der Waals surface area (Å²) in [5.74, 6) is 0. The van der Waals surface area contributed by atoms with E-state index in [0.29, 0.717) is 0 Å². The predicted molar refractivity (Wildman–Crippen MR) is 42.1 cm³/mol. The molecule has 0 radical (unpaired) electrons. The van der Waals surface area contributed by atoms with Gasteiger partial charge in [-0.2, -0.15) is 0 Å². The Morgan fingerprint density at radius 1 is 1.44 bits per heavy atom. The smallest absolute Gasteiger partial charge is 1.00 e. The monoisotopic (exact) mass is 206 g/mol. The van der Waals surface area contributed by atoms with Gasteiger partial charge in [0.2, 0.25) is 0 Å². The molecule has 0 spiro atoms. The fourth-order valence-corrected chi connectivity index (χ4v) is 1.04. The van der Waals surface area contributed by atoms with Crippen molar-refractivity contribution in [2.45, 2.75) is 12.7 Å². The van der Waals surface area contributed by atoms with E-state index in [1.54, 1.807) is 0 Å². The molecule has 0 amide bonds. The average Bonchev–Trinajstić information content (AvgIpc) is 2.19. The van der Waals surface area contributed by atoms with Crippen molar-refractivity contribution in [3.8, 4) is 0 Å². The van der Waals surface area contributed by atoms with E-state index in [9.17, 15) is 0 Å². The molecule has 1 aliphatic rings. The molecular formula is C5H11BrMgO2. The second-order valence-corrected chi connectivity index (χ2v) is 2.44. The summed E-state index contributed by atoms with van der Waals surface area (Å²) in [5, 5.41) is 0.956. The van der Waals surface area contributed by atoms with E-state index in [1.165, 1.54) is 0 Å². The van der Waals surface area contributed by atoms with Crippen LogP contribution in [0.1, 0.15) is 9.27 Å². The molecule has 0 N–H and O–H groups in total. The predicted octanol–water partition coefficient (Wildman–Crippen LogP) is 0.988. The Labute approximate surface area is 82.5 Å². The van der Waals surface area contributed by atoms with Gasteiger partial charge >= 0.3 is 23.1 Å². The fourth-order valence-electron chi connectivity index (χ4n) is 0.663. The maximum absolute atomic E-state index is 5.14. The van der Waals surface area contributed by atoms with E-state index < -0.39 is 0 Å². The number of hydrogen-bond acceptors (Lipinski definition) is 2. The Bertz CT molecular complexity index is 73.5. The molecule has 0 aliphatic carbocycles. The van der Waals surface area contributed by atoms with E-state index in [0.717, 1.165) is 25.0 Å². The minimum Gasteiger partial charge on any atom is -1.00 e. The fraction of sp³-hybridized carbons (Fsp3) is 1.00. The van der Waals surface area contributed by atoms with Gasteiger partial charge in [0.25, 0.3) is 0 Å². The number of hydrogen-bond donors (Lipinski definition) is 0. The second-order valence-electron chi connectivity index (χ2n) is 1.65. The first-order valence-electron chi connectivity index (χ1n) is 2.72. The summed E-state index contributed by atoms with van der Waals surface area (Å²) in [6.07, 6.45) is 1.02. The van der Waals surface area contributed by atoms with Crippen LogP contribution in [0.3, 0.4) is 0 Å². The molecular weight excluding hydrogens is 196 g/mol. The van der Waals surface area contributed by atoms with Gasteiger partial charge in [-0.25, -0.2) is 0 Å². The number of ether oxygens (including phenoxy) is 2. The summed E-state index contributed by atoms with van der Waals surface area (Å²) in [5.41, 5.74) is 0. The van der Waals surface area contributed by atoms with Crippen LogP contribution < -0.4 is 0 Å². The zero-order valence-electron chi connectivity index (χ0n) is 7.31. The summed E-state index contributed by atoms with van der Waals surface area (Å²) >= 11 is 3.30. The van der Waals surface area contributed by atoms with Crippen molar-refractivity contribution in [3.63, 3.8) is 0 Å². The largest absolute Gasteiger partial charge is 2.00 e. The zero-order chi connectivity index (χ0) is 5.82. The summed E-state index contributed by atoms with van der Waals surface area (Å²) in [4.78, 5) is 0. The minimum atomic E-state index is 0. The second kappa shape index (κ2) is 5.91. The molecule has 0 aromatic heterocycles. The van der Waals surface area contributed by atoms with Crippen LogP contribution in [0.2, 0.25) is 0 Å². The van der Waals surface area contributed by atoms with Crippen LogP contribution in [0.5, 0.6) is 0 Å². The molecule has 2 nitrogen and oxygen atoms in total. The van der Waals surface area contributed by atoms with E-state index >= 15 is 0 Å². The molecule has 1 rings (SSSR count). The number of halogens is 1. The molecule has 0 aromatic rings. The first kappa shape index (κ1) is 10.2. The van der Waals surface area contributed by atoms with Crippen LogP contribution in [-0.2, 0) is 9.47 Å². The maximum Gasteiger partial charge on any atom is 2.00 e. The van der Waals surface area contributed by atoms with Gasteiger partial charge in [0.05, 0.1) is 13.2 Å². The summed E-state index contributed by atoms with van der Waals surface area (Å²) in [7, 11) is 0. The van der Waals surface area contributed by atoms with Gasteiger partial charge in [0.15, 0.2) is 6.29 Å². The Morgan fingerprint density at radius 3 is 2.44 bits per heavy atom. The molecule has 1 aliphatic heterocycles. The first-order chi connectivity index (χ1) is 3.93. The van der Waals surface area contributed by atoms with Crippen LogP contribution in [0, 0.1) is 0 Å². The molecule has 1 heterocycles. The van der Waals surface area contributed by atoms with Crippen LogP contribution in [0.25, 0.3) is 0 Å². The molecule has 1 saturated heterocycles. The van der Waals surface area contributed by atoms with E-state index in [2.05, 4.69) is 15.9 Å². The first-order valence-corrected chi connectivity index (χ1v) is 3.85. The van der Waals surface area contributed by atoms with Gasteiger partial charge in [-0.15, -0.1) is 0 Å². The molecule has 0 unspecified atom stereocenters. The van der Waals surface area contributed by atoms with Gasteiger partial charge in [0.1, 0.15) is 0 Å². The van der Waals surface area contributed by atoms with Gasteiger partial charge in [-0.3, -0.25) is 0 Å². The number of alkyl halides is 1. The third-order valence-corrected chi connectivity index (χ3v) is 1.49. The van der Waals surface area contributed by atoms with Gasteiger partial charge in [-0.1, -0.05) is 15.9 Å². The van der Waals surface area contributed by atoms with E-state index in [1.807, 2.05) is 0 Å². The summed E-state index contributed by atoms with van der Waals surface area (Å²) in [6, 6.07) is 0. The molecule has 9 heavy (non-hydrogen) atoms. The Balaban J connectivity index is -0.000000213. The van der Waals surface area contributed by atoms with Gasteiger partial charge in [0, 0.05) is 11.8 Å². The minimum absolute atomic E-state index is 0. The quantitative estimate of drug-likeness (QED) is 0.496. The van der Waals surface area contributed by atoms with Crippen molar-refractivity contribution < 1.29 is 12.3 Å². The Kier molecular flexibility index (Phi) is 6.68. The Morgan fingerprint density at radius 2 is 2.00 bits per heavy atom. The Hall–Kier alpha value is 1.17. The topological polar surface area (TPSA) is 18.5 Å². The van der Waals surface area contributed by atoms with Crippen LogP contribution in [-0.4, -0.2) is 47.9 Å². The summed E-state index contributed by atoms with van der Waals surface area (Å²) < 4.78 is 10.3. The SMILES string of the molecule is BrCCC1OCCO1.[H-].[H-].[Mg+2]. The van der Waals surface area contributed by atoms with E-state index in [-0.39, 0.29) is 32.2 Å². The molecule has 0 aromatic carbocycles. The molecule has 4 heteroatoms. The van der Waals surface area contributed by atoms with Crippen molar-refractivity contribution in [2.75, 3.05) is 18.5 Å².